The molecule has 0 bridgehead atoms. The number of anilines is 2. The number of amides is 2. The molecule has 0 heterocycles. The molecule has 8 nitrogen and oxygen atoms in total. The number of ether oxygens (including phenoxy) is 3. The van der Waals surface area contributed by atoms with Gasteiger partial charge in [0, 0.05) is 5.69 Å². The van der Waals surface area contributed by atoms with Crippen molar-refractivity contribution in [1.29, 1.82) is 5.26 Å². The third-order valence-corrected chi connectivity index (χ3v) is 5.08. The molecule has 36 heavy (non-hydrogen) atoms. The molecule has 2 N–H and O–H groups in total. The van der Waals surface area contributed by atoms with Crippen molar-refractivity contribution < 1.29 is 23.8 Å². The number of para-hydroxylation sites is 3. The van der Waals surface area contributed by atoms with E-state index in [4.69, 9.17) is 14.2 Å². The van der Waals surface area contributed by atoms with Crippen molar-refractivity contribution >= 4 is 29.3 Å². The summed E-state index contributed by atoms with van der Waals surface area (Å²) in [5.74, 6) is 0.389. The van der Waals surface area contributed by atoms with Gasteiger partial charge in [-0.05, 0) is 61.4 Å². The molecule has 0 aliphatic rings. The van der Waals surface area contributed by atoms with Crippen molar-refractivity contribution in [2.24, 2.45) is 0 Å². The molecule has 0 aliphatic carbocycles. The summed E-state index contributed by atoms with van der Waals surface area (Å²) in [4.78, 5) is 25.0. The summed E-state index contributed by atoms with van der Waals surface area (Å²) >= 11 is 0. The van der Waals surface area contributed by atoms with Gasteiger partial charge in [0.2, 0.25) is 0 Å². The van der Waals surface area contributed by atoms with Gasteiger partial charge in [-0.1, -0.05) is 36.4 Å². The third-order valence-electron chi connectivity index (χ3n) is 5.08. The molecule has 0 spiro atoms. The third kappa shape index (κ3) is 6.87. The van der Waals surface area contributed by atoms with Gasteiger partial charge >= 0.3 is 0 Å². The van der Waals surface area contributed by atoms with Crippen molar-refractivity contribution in [1.82, 2.24) is 0 Å². The van der Waals surface area contributed by atoms with Gasteiger partial charge in [-0.15, -0.1) is 0 Å². The van der Waals surface area contributed by atoms with E-state index in [1.807, 2.05) is 38.1 Å². The first-order valence-electron chi connectivity index (χ1n) is 11.3. The number of hydrogen-bond acceptors (Lipinski definition) is 6. The Balaban J connectivity index is 1.72. The van der Waals surface area contributed by atoms with E-state index in [1.165, 1.54) is 13.2 Å². The number of rotatable bonds is 10. The number of carbonyl (C=O) groups is 2. The molecule has 0 radical (unpaired) electrons. The average Bonchev–Trinajstić information content (AvgIpc) is 2.88. The van der Waals surface area contributed by atoms with Crippen LogP contribution in [0.2, 0.25) is 0 Å². The molecule has 3 aromatic rings. The molecular formula is C28H27N3O5. The Labute approximate surface area is 210 Å². The van der Waals surface area contributed by atoms with Crippen molar-refractivity contribution in [3.05, 3.63) is 83.4 Å². The SMILES string of the molecule is CCOc1cc(C=C(C#N)C(=O)Nc2ccccc2C)ccc1OCC(=O)Nc1ccccc1OC. The fourth-order valence-electron chi connectivity index (χ4n) is 3.30. The number of nitriles is 1. The van der Waals surface area contributed by atoms with Gasteiger partial charge in [0.25, 0.3) is 11.8 Å². The number of benzene rings is 3. The maximum Gasteiger partial charge on any atom is 0.266 e. The van der Waals surface area contributed by atoms with E-state index in [9.17, 15) is 14.9 Å². The van der Waals surface area contributed by atoms with Crippen LogP contribution in [0.15, 0.2) is 72.3 Å². The highest BCUT2D eigenvalue weighted by atomic mass is 16.5. The standard InChI is InChI=1S/C28H27N3O5/c1-4-35-26-16-20(15-21(17-29)28(33)31-22-10-6-5-9-19(22)2)13-14-25(26)36-18-27(32)30-23-11-7-8-12-24(23)34-3/h5-16H,4,18H2,1-3H3,(H,30,32)(H,31,33). The number of carbonyl (C=O) groups excluding carboxylic acids is 2. The lowest BCUT2D eigenvalue weighted by Crippen LogP contribution is -2.20. The molecular weight excluding hydrogens is 458 g/mol. The summed E-state index contributed by atoms with van der Waals surface area (Å²) in [6.07, 6.45) is 1.47. The van der Waals surface area contributed by atoms with Crippen molar-refractivity contribution in [3.63, 3.8) is 0 Å². The normalized spacial score (nSPS) is 10.7. The van der Waals surface area contributed by atoms with Crippen LogP contribution in [0.3, 0.4) is 0 Å². The van der Waals surface area contributed by atoms with Crippen LogP contribution in [0.1, 0.15) is 18.1 Å². The quantitative estimate of drug-likeness (QED) is 0.310. The highest BCUT2D eigenvalue weighted by Crippen LogP contribution is 2.30. The van der Waals surface area contributed by atoms with Crippen molar-refractivity contribution in [2.45, 2.75) is 13.8 Å². The topological polar surface area (TPSA) is 110 Å². The zero-order valence-electron chi connectivity index (χ0n) is 20.3. The number of methoxy groups -OCH3 is 1. The Kier molecular flexibility index (Phi) is 9.06. The van der Waals surface area contributed by atoms with Crippen LogP contribution in [0.5, 0.6) is 17.2 Å². The van der Waals surface area contributed by atoms with E-state index >= 15 is 0 Å². The minimum absolute atomic E-state index is 0.0643. The predicted molar refractivity (Wildman–Crippen MR) is 138 cm³/mol. The molecule has 0 fully saturated rings. The van der Waals surface area contributed by atoms with E-state index in [0.717, 1.165) is 5.56 Å². The monoisotopic (exact) mass is 485 g/mol. The highest BCUT2D eigenvalue weighted by molar-refractivity contribution is 6.10. The highest BCUT2D eigenvalue weighted by Gasteiger charge is 2.14. The number of hydrogen-bond donors (Lipinski definition) is 2. The lowest BCUT2D eigenvalue weighted by Gasteiger charge is -2.14. The van der Waals surface area contributed by atoms with Crippen LogP contribution in [-0.2, 0) is 9.59 Å². The molecule has 184 valence electrons. The van der Waals surface area contributed by atoms with Crippen LogP contribution in [0, 0.1) is 18.3 Å². The fourth-order valence-corrected chi connectivity index (χ4v) is 3.30. The number of nitrogens with one attached hydrogen (secondary N) is 2. The zero-order chi connectivity index (χ0) is 25.9. The van der Waals surface area contributed by atoms with Crippen LogP contribution in [0.4, 0.5) is 11.4 Å². The molecule has 0 unspecified atom stereocenters. The fraction of sp³-hybridized carbons (Fsp3) is 0.179. The smallest absolute Gasteiger partial charge is 0.266 e. The second-order valence-electron chi connectivity index (χ2n) is 7.62. The summed E-state index contributed by atoms with van der Waals surface area (Å²) in [5, 5.41) is 15.0. The number of nitrogens with zero attached hydrogens (tertiary/aromatic N) is 1. The molecule has 0 aromatic heterocycles. The largest absolute Gasteiger partial charge is 0.495 e. The van der Waals surface area contributed by atoms with Crippen molar-refractivity contribution in [2.75, 3.05) is 31.0 Å². The van der Waals surface area contributed by atoms with E-state index in [-0.39, 0.29) is 18.1 Å². The Morgan fingerprint density at radius 2 is 1.64 bits per heavy atom. The number of aryl methyl sites for hydroxylation is 1. The Bertz CT molecular complexity index is 1310. The summed E-state index contributed by atoms with van der Waals surface area (Å²) in [5.41, 5.74) is 2.56. The summed E-state index contributed by atoms with van der Waals surface area (Å²) < 4.78 is 16.6. The van der Waals surface area contributed by atoms with E-state index in [1.54, 1.807) is 48.5 Å². The first-order chi connectivity index (χ1) is 17.4. The van der Waals surface area contributed by atoms with Gasteiger partial charge in [-0.3, -0.25) is 9.59 Å². The van der Waals surface area contributed by atoms with Crippen LogP contribution < -0.4 is 24.8 Å². The van der Waals surface area contributed by atoms with Gasteiger partial charge in [-0.25, -0.2) is 0 Å². The molecule has 3 rings (SSSR count). The van der Waals surface area contributed by atoms with Gasteiger partial charge in [0.15, 0.2) is 18.1 Å². The van der Waals surface area contributed by atoms with Gasteiger partial charge in [0.1, 0.15) is 17.4 Å². The van der Waals surface area contributed by atoms with Gasteiger partial charge in [-0.2, -0.15) is 5.26 Å². The van der Waals surface area contributed by atoms with E-state index < -0.39 is 5.91 Å². The first kappa shape index (κ1) is 25.8. The molecule has 8 heteroatoms. The lowest BCUT2D eigenvalue weighted by molar-refractivity contribution is -0.118. The van der Waals surface area contributed by atoms with E-state index in [2.05, 4.69) is 10.6 Å². The molecule has 2 amide bonds. The average molecular weight is 486 g/mol. The maximum absolute atomic E-state index is 12.6. The lowest BCUT2D eigenvalue weighted by atomic mass is 10.1. The van der Waals surface area contributed by atoms with Gasteiger partial charge in [0.05, 0.1) is 19.4 Å². The predicted octanol–water partition coefficient (Wildman–Crippen LogP) is 4.97. The van der Waals surface area contributed by atoms with Crippen LogP contribution in [-0.4, -0.2) is 32.1 Å². The molecule has 3 aromatic carbocycles. The Hall–Kier alpha value is -4.77. The molecule has 0 atom stereocenters. The Morgan fingerprint density at radius 3 is 2.33 bits per heavy atom. The molecule has 0 saturated carbocycles. The second-order valence-corrected chi connectivity index (χ2v) is 7.62. The second kappa shape index (κ2) is 12.6. The summed E-state index contributed by atoms with van der Waals surface area (Å²) in [6.45, 7) is 3.79. The van der Waals surface area contributed by atoms with Crippen molar-refractivity contribution in [3.8, 4) is 23.3 Å². The maximum atomic E-state index is 12.6. The van der Waals surface area contributed by atoms with E-state index in [0.29, 0.717) is 40.8 Å². The molecule has 0 aliphatic heterocycles. The zero-order valence-corrected chi connectivity index (χ0v) is 20.3. The Morgan fingerprint density at radius 1 is 0.917 bits per heavy atom. The first-order valence-corrected chi connectivity index (χ1v) is 11.3. The molecule has 0 saturated heterocycles. The minimum Gasteiger partial charge on any atom is -0.495 e. The summed E-state index contributed by atoms with van der Waals surface area (Å²) in [6, 6.07) is 21.3. The van der Waals surface area contributed by atoms with Crippen LogP contribution in [0.25, 0.3) is 6.08 Å². The summed E-state index contributed by atoms with van der Waals surface area (Å²) in [7, 11) is 1.52. The minimum atomic E-state index is -0.516. The van der Waals surface area contributed by atoms with Gasteiger partial charge < -0.3 is 24.8 Å². The van der Waals surface area contributed by atoms with Crippen LogP contribution >= 0.6 is 0 Å².